The van der Waals surface area contributed by atoms with Gasteiger partial charge in [0.2, 0.25) is 5.91 Å². The molecule has 2 aliphatic heterocycles. The second-order valence-corrected chi connectivity index (χ2v) is 9.05. The van der Waals surface area contributed by atoms with Crippen LogP contribution in [-0.2, 0) is 4.79 Å². The van der Waals surface area contributed by atoms with Crippen molar-refractivity contribution in [3.63, 3.8) is 0 Å². The molecule has 12 heteroatoms. The van der Waals surface area contributed by atoms with E-state index in [0.717, 1.165) is 18.0 Å². The molecule has 38 heavy (non-hydrogen) atoms. The number of hydrogen-bond acceptors (Lipinski definition) is 7. The van der Waals surface area contributed by atoms with Crippen LogP contribution in [0.1, 0.15) is 16.8 Å². The summed E-state index contributed by atoms with van der Waals surface area (Å²) in [7, 11) is 0. The Hall–Kier alpha value is -4.35. The highest BCUT2D eigenvalue weighted by molar-refractivity contribution is 5.95. The zero-order valence-corrected chi connectivity index (χ0v) is 20.1. The first-order valence-corrected chi connectivity index (χ1v) is 12.0. The van der Waals surface area contributed by atoms with Crippen LogP contribution >= 0.6 is 0 Å². The summed E-state index contributed by atoms with van der Waals surface area (Å²) in [6, 6.07) is 15.5. The minimum absolute atomic E-state index is 0.0678. The van der Waals surface area contributed by atoms with E-state index in [0.29, 0.717) is 44.0 Å². The molecule has 1 atom stereocenters. The number of benzene rings is 2. The molecule has 0 aliphatic carbocycles. The van der Waals surface area contributed by atoms with E-state index < -0.39 is 6.36 Å². The van der Waals surface area contributed by atoms with Crippen LogP contribution < -0.4 is 19.7 Å². The first kappa shape index (κ1) is 25.3. The molecule has 0 radical (unpaired) electrons. The van der Waals surface area contributed by atoms with E-state index in [-0.39, 0.29) is 35.1 Å². The smallest absolute Gasteiger partial charge is 0.489 e. The number of alkyl halides is 3. The number of halogens is 3. The van der Waals surface area contributed by atoms with Crippen molar-refractivity contribution in [3.05, 3.63) is 72.4 Å². The van der Waals surface area contributed by atoms with Gasteiger partial charge in [-0.1, -0.05) is 0 Å². The fourth-order valence-corrected chi connectivity index (χ4v) is 4.34. The van der Waals surface area contributed by atoms with Crippen LogP contribution in [0.3, 0.4) is 0 Å². The van der Waals surface area contributed by atoms with Gasteiger partial charge in [0.15, 0.2) is 5.82 Å². The Balaban J connectivity index is 1.07. The Morgan fingerprint density at radius 1 is 0.947 bits per heavy atom. The molecule has 1 N–H and O–H groups in total. The van der Waals surface area contributed by atoms with E-state index in [9.17, 15) is 22.8 Å². The quantitative estimate of drug-likeness (QED) is 0.500. The lowest BCUT2D eigenvalue weighted by molar-refractivity contribution is -0.274. The Labute approximate surface area is 216 Å². The molecule has 2 saturated heterocycles. The maximum absolute atomic E-state index is 12.7. The normalized spacial score (nSPS) is 17.6. The number of carbonyl (C=O) groups is 2. The number of carbonyl (C=O) groups excluding carboxylic acids is 2. The number of nitrogens with zero attached hydrogens (tertiary/aromatic N) is 4. The van der Waals surface area contributed by atoms with E-state index in [1.807, 2.05) is 11.0 Å². The summed E-state index contributed by atoms with van der Waals surface area (Å²) in [6.45, 7) is 1.97. The predicted octanol–water partition coefficient (Wildman–Crippen LogP) is 3.74. The maximum atomic E-state index is 12.7. The van der Waals surface area contributed by atoms with Crippen molar-refractivity contribution < 1.29 is 32.2 Å². The molecule has 5 rings (SSSR count). The third-order valence-corrected chi connectivity index (χ3v) is 6.33. The Morgan fingerprint density at radius 2 is 1.66 bits per heavy atom. The van der Waals surface area contributed by atoms with Gasteiger partial charge < -0.3 is 24.6 Å². The molecule has 0 spiro atoms. The highest BCUT2D eigenvalue weighted by Gasteiger charge is 2.34. The molecule has 0 bridgehead atoms. The second kappa shape index (κ2) is 10.6. The molecule has 2 aliphatic rings. The topological polar surface area (TPSA) is 96.9 Å². The molecule has 1 aromatic heterocycles. The van der Waals surface area contributed by atoms with E-state index in [1.54, 1.807) is 41.4 Å². The van der Waals surface area contributed by atoms with Gasteiger partial charge in [0.05, 0.1) is 12.5 Å². The third-order valence-electron chi connectivity index (χ3n) is 6.33. The average molecular weight is 528 g/mol. The van der Waals surface area contributed by atoms with Gasteiger partial charge in [0.25, 0.3) is 5.91 Å². The molecule has 9 nitrogen and oxygen atoms in total. The molecule has 2 fully saturated rings. The maximum Gasteiger partial charge on any atom is 0.573 e. The lowest BCUT2D eigenvalue weighted by atomic mass is 9.99. The molecule has 3 aromatic rings. The number of nitrogens with one attached hydrogen (secondary N) is 1. The summed E-state index contributed by atoms with van der Waals surface area (Å²) in [4.78, 5) is 28.9. The van der Waals surface area contributed by atoms with Crippen molar-refractivity contribution in [1.82, 2.24) is 15.1 Å². The minimum atomic E-state index is -4.79. The van der Waals surface area contributed by atoms with Crippen LogP contribution in [0.25, 0.3) is 0 Å². The van der Waals surface area contributed by atoms with Crippen LogP contribution in [0.2, 0.25) is 0 Å². The summed E-state index contributed by atoms with van der Waals surface area (Å²) in [5.41, 5.74) is 0.924. The Kier molecular flexibility index (Phi) is 7.03. The molecule has 198 valence electrons. The van der Waals surface area contributed by atoms with Gasteiger partial charge in [-0.2, -0.15) is 5.10 Å². The van der Waals surface area contributed by atoms with Gasteiger partial charge in [-0.25, -0.2) is 0 Å². The van der Waals surface area contributed by atoms with E-state index in [4.69, 9.17) is 4.74 Å². The van der Waals surface area contributed by atoms with Gasteiger partial charge in [-0.15, -0.1) is 18.3 Å². The van der Waals surface area contributed by atoms with Crippen molar-refractivity contribution in [2.24, 2.45) is 5.92 Å². The summed E-state index contributed by atoms with van der Waals surface area (Å²) >= 11 is 0. The van der Waals surface area contributed by atoms with Crippen molar-refractivity contribution in [2.75, 3.05) is 36.4 Å². The Bertz CT molecular complexity index is 1270. The number of aromatic nitrogens is 2. The fourth-order valence-electron chi connectivity index (χ4n) is 4.34. The SMILES string of the molecule is O=C(Nc1ccc(OC2CCN(C(=O)c3ccc(OC(F)(F)F)cc3)C2)cc1)C1CN(c2cccnn2)C1. The van der Waals surface area contributed by atoms with Gasteiger partial charge in [-0.3, -0.25) is 9.59 Å². The molecule has 2 aromatic carbocycles. The average Bonchev–Trinajstić information content (AvgIpc) is 3.32. The predicted molar refractivity (Wildman–Crippen MR) is 131 cm³/mol. The fraction of sp³-hybridized carbons (Fsp3) is 0.308. The molecule has 2 amide bonds. The molecule has 1 unspecified atom stereocenters. The molecule has 0 saturated carbocycles. The number of anilines is 2. The van der Waals surface area contributed by atoms with Gasteiger partial charge >= 0.3 is 6.36 Å². The summed E-state index contributed by atoms with van der Waals surface area (Å²) in [6.07, 6.45) is -2.80. The van der Waals surface area contributed by atoms with Gasteiger partial charge in [-0.05, 0) is 60.7 Å². The molecule has 3 heterocycles. The monoisotopic (exact) mass is 527 g/mol. The van der Waals surface area contributed by atoms with Gasteiger partial charge in [0, 0.05) is 43.5 Å². The zero-order chi connectivity index (χ0) is 26.7. The first-order chi connectivity index (χ1) is 18.2. The number of likely N-dealkylation sites (tertiary alicyclic amines) is 1. The molecular formula is C26H24F3N5O4. The van der Waals surface area contributed by atoms with Crippen LogP contribution in [0, 0.1) is 5.92 Å². The van der Waals surface area contributed by atoms with Gasteiger partial charge in [0.1, 0.15) is 17.6 Å². The standard InChI is InChI=1S/C26H24F3N5O4/c27-26(28,29)38-21-7-3-17(4-8-21)25(36)33-13-11-22(16-33)37-20-9-5-19(6-10-20)31-24(35)18-14-34(15-18)23-2-1-12-30-32-23/h1-10,12,18,22H,11,13-16H2,(H,31,35). The first-order valence-electron chi connectivity index (χ1n) is 12.0. The summed E-state index contributed by atoms with van der Waals surface area (Å²) in [5.74, 6) is 0.478. The minimum Gasteiger partial charge on any atom is -0.489 e. The van der Waals surface area contributed by atoms with Crippen molar-refractivity contribution in [3.8, 4) is 11.5 Å². The number of hydrogen-bond donors (Lipinski definition) is 1. The largest absolute Gasteiger partial charge is 0.573 e. The lowest BCUT2D eigenvalue weighted by Gasteiger charge is -2.38. The highest BCUT2D eigenvalue weighted by atomic mass is 19.4. The third kappa shape index (κ3) is 6.13. The van der Waals surface area contributed by atoms with E-state index >= 15 is 0 Å². The highest BCUT2D eigenvalue weighted by Crippen LogP contribution is 2.26. The van der Waals surface area contributed by atoms with Crippen molar-refractivity contribution in [1.29, 1.82) is 0 Å². The van der Waals surface area contributed by atoms with Crippen molar-refractivity contribution >= 4 is 23.3 Å². The second-order valence-electron chi connectivity index (χ2n) is 9.05. The van der Waals surface area contributed by atoms with Crippen molar-refractivity contribution in [2.45, 2.75) is 18.9 Å². The van der Waals surface area contributed by atoms with E-state index in [1.165, 1.54) is 12.1 Å². The molecular weight excluding hydrogens is 503 g/mol. The number of rotatable bonds is 7. The lowest BCUT2D eigenvalue weighted by Crippen LogP contribution is -2.52. The van der Waals surface area contributed by atoms with Crippen LogP contribution in [0.4, 0.5) is 24.7 Å². The zero-order valence-electron chi connectivity index (χ0n) is 20.1. The van der Waals surface area contributed by atoms with Crippen LogP contribution in [0.15, 0.2) is 66.9 Å². The summed E-state index contributed by atoms with van der Waals surface area (Å²) in [5, 5.41) is 10.8. The Morgan fingerprint density at radius 3 is 2.32 bits per heavy atom. The van der Waals surface area contributed by atoms with Crippen LogP contribution in [0.5, 0.6) is 11.5 Å². The van der Waals surface area contributed by atoms with E-state index in [2.05, 4.69) is 20.3 Å². The number of ether oxygens (including phenoxy) is 2. The number of amides is 2. The summed E-state index contributed by atoms with van der Waals surface area (Å²) < 4.78 is 46.8. The van der Waals surface area contributed by atoms with Crippen LogP contribution in [-0.4, -0.2) is 65.6 Å².